The summed E-state index contributed by atoms with van der Waals surface area (Å²) in [5.74, 6) is 0.872. The van der Waals surface area contributed by atoms with E-state index in [1.54, 1.807) is 52.2 Å². The molecule has 0 saturated carbocycles. The first-order valence-corrected chi connectivity index (χ1v) is 8.74. The van der Waals surface area contributed by atoms with E-state index in [-0.39, 0.29) is 20.0 Å². The van der Waals surface area contributed by atoms with Crippen molar-refractivity contribution in [2.75, 3.05) is 27.1 Å². The van der Waals surface area contributed by atoms with Gasteiger partial charge in [0.15, 0.2) is 11.5 Å². The second kappa shape index (κ2) is 10.2. The monoisotopic (exact) mass is 388 g/mol. The van der Waals surface area contributed by atoms with Gasteiger partial charge in [-0.25, -0.2) is 9.59 Å². The van der Waals surface area contributed by atoms with Crippen molar-refractivity contribution in [1.29, 1.82) is 0 Å². The number of carbonyl (C=O) groups excluding carboxylic acids is 2. The molecule has 0 aliphatic carbocycles. The zero-order valence-corrected chi connectivity index (χ0v) is 16.4. The molecule has 0 fully saturated rings. The van der Waals surface area contributed by atoms with Crippen molar-refractivity contribution in [2.24, 2.45) is 0 Å². The largest absolute Gasteiger partial charge is 0.493 e. The molecule has 28 heavy (non-hydrogen) atoms. The fourth-order valence-electron chi connectivity index (χ4n) is 2.23. The Hall–Kier alpha value is -3.22. The lowest BCUT2D eigenvalue weighted by Crippen LogP contribution is -2.09. The highest BCUT2D eigenvalue weighted by atomic mass is 16.7. The van der Waals surface area contributed by atoms with Crippen LogP contribution in [-0.4, -0.2) is 39.1 Å². The highest BCUT2D eigenvalue weighted by Crippen LogP contribution is 2.42. The summed E-state index contributed by atoms with van der Waals surface area (Å²) in [4.78, 5) is 23.5. The van der Waals surface area contributed by atoms with Crippen LogP contribution in [0.5, 0.6) is 17.2 Å². The summed E-state index contributed by atoms with van der Waals surface area (Å²) in [6, 6.07) is 3.62. The lowest BCUT2D eigenvalue weighted by Gasteiger charge is -2.06. The van der Waals surface area contributed by atoms with E-state index in [0.29, 0.717) is 28.4 Å². The number of hydrogen-bond acceptors (Lipinski definition) is 7. The first kappa shape index (κ1) is 21.1. The zero-order chi connectivity index (χ0) is 20.5. The molecule has 0 unspecified atom stereocenters. The Morgan fingerprint density at radius 3 is 2.50 bits per heavy atom. The van der Waals surface area contributed by atoms with E-state index in [9.17, 15) is 9.59 Å². The fraction of sp³-hybridized carbons (Fsp3) is 0.333. The Balaban J connectivity index is 1.83. The third-order valence-corrected chi connectivity index (χ3v) is 3.98. The van der Waals surface area contributed by atoms with E-state index >= 15 is 0 Å². The first-order chi connectivity index (χ1) is 13.5. The van der Waals surface area contributed by atoms with Gasteiger partial charge < -0.3 is 23.7 Å². The van der Waals surface area contributed by atoms with Crippen LogP contribution in [0.3, 0.4) is 0 Å². The molecule has 0 saturated heterocycles. The minimum atomic E-state index is -0.480. The fourth-order valence-corrected chi connectivity index (χ4v) is 2.23. The topological polar surface area (TPSA) is 80.3 Å². The lowest BCUT2D eigenvalue weighted by molar-refractivity contribution is -0.139. The van der Waals surface area contributed by atoms with Gasteiger partial charge in [0.05, 0.1) is 7.11 Å². The number of methoxy groups -OCH3 is 1. The summed E-state index contributed by atoms with van der Waals surface area (Å²) >= 11 is 0. The van der Waals surface area contributed by atoms with Crippen molar-refractivity contribution in [2.45, 2.75) is 20.8 Å². The van der Waals surface area contributed by atoms with Crippen LogP contribution < -0.4 is 14.2 Å². The van der Waals surface area contributed by atoms with Gasteiger partial charge in [0.1, 0.15) is 13.2 Å². The minimum Gasteiger partial charge on any atom is -0.493 e. The molecule has 0 radical (unpaired) electrons. The summed E-state index contributed by atoms with van der Waals surface area (Å²) in [7, 11) is 1.55. The average molecular weight is 388 g/mol. The Labute approximate surface area is 164 Å². The average Bonchev–Trinajstić information content (AvgIpc) is 3.18. The molecule has 0 N–H and O–H groups in total. The molecular weight excluding hydrogens is 364 g/mol. The smallest absolute Gasteiger partial charge is 0.333 e. The van der Waals surface area contributed by atoms with E-state index in [1.165, 1.54) is 6.08 Å². The van der Waals surface area contributed by atoms with Crippen LogP contribution in [0.25, 0.3) is 6.08 Å². The summed E-state index contributed by atoms with van der Waals surface area (Å²) in [5.41, 5.74) is 1.71. The molecule has 0 spiro atoms. The maximum absolute atomic E-state index is 11.9. The second-order valence-electron chi connectivity index (χ2n) is 5.92. The maximum Gasteiger partial charge on any atom is 0.333 e. The van der Waals surface area contributed by atoms with Crippen molar-refractivity contribution < 1.29 is 33.3 Å². The highest BCUT2D eigenvalue weighted by molar-refractivity contribution is 5.89. The number of rotatable bonds is 8. The first-order valence-electron chi connectivity index (χ1n) is 8.74. The molecule has 0 atom stereocenters. The Bertz CT molecular complexity index is 818. The number of fused-ring (bicyclic) bond motifs is 1. The van der Waals surface area contributed by atoms with Gasteiger partial charge in [0.2, 0.25) is 12.5 Å². The highest BCUT2D eigenvalue weighted by Gasteiger charge is 2.19. The molecule has 0 aromatic heterocycles. The molecule has 1 aromatic carbocycles. The van der Waals surface area contributed by atoms with Crippen molar-refractivity contribution >= 4 is 18.0 Å². The Kier molecular flexibility index (Phi) is 7.68. The lowest BCUT2D eigenvalue weighted by atomic mass is 10.1. The van der Waals surface area contributed by atoms with Crippen molar-refractivity contribution in [1.82, 2.24) is 0 Å². The normalized spacial score (nSPS) is 13.6. The molecule has 1 heterocycles. The Morgan fingerprint density at radius 1 is 1.07 bits per heavy atom. The van der Waals surface area contributed by atoms with Crippen LogP contribution >= 0.6 is 0 Å². The van der Waals surface area contributed by atoms with E-state index in [4.69, 9.17) is 23.7 Å². The number of ether oxygens (including phenoxy) is 5. The van der Waals surface area contributed by atoms with Gasteiger partial charge in [0.25, 0.3) is 0 Å². The van der Waals surface area contributed by atoms with Gasteiger partial charge in [-0.05, 0) is 50.6 Å². The number of hydrogen-bond donors (Lipinski definition) is 0. The van der Waals surface area contributed by atoms with Crippen LogP contribution in [-0.2, 0) is 19.1 Å². The van der Waals surface area contributed by atoms with E-state index in [1.807, 2.05) is 6.07 Å². The van der Waals surface area contributed by atoms with Gasteiger partial charge in [-0.1, -0.05) is 12.2 Å². The van der Waals surface area contributed by atoms with E-state index in [2.05, 4.69) is 0 Å². The van der Waals surface area contributed by atoms with Crippen LogP contribution in [0.4, 0.5) is 0 Å². The molecular formula is C21H24O7. The SMILES string of the molecule is C/C=C(/C)C(=O)OC/C=C(/C)C(=O)OC/C=C/c1cc(OC)c2c(c1)OCO2. The van der Waals surface area contributed by atoms with Gasteiger partial charge in [-0.15, -0.1) is 0 Å². The van der Waals surface area contributed by atoms with Crippen LogP contribution in [0.15, 0.2) is 41.5 Å². The third-order valence-electron chi connectivity index (χ3n) is 3.98. The van der Waals surface area contributed by atoms with Gasteiger partial charge in [-0.2, -0.15) is 0 Å². The Morgan fingerprint density at radius 2 is 1.79 bits per heavy atom. The molecule has 2 rings (SSSR count). The molecule has 1 aromatic rings. The number of esters is 2. The summed E-state index contributed by atoms with van der Waals surface area (Å²) in [6.45, 7) is 5.28. The number of benzene rings is 1. The molecule has 1 aliphatic heterocycles. The van der Waals surface area contributed by atoms with Crippen LogP contribution in [0, 0.1) is 0 Å². The van der Waals surface area contributed by atoms with Crippen LogP contribution in [0.1, 0.15) is 26.3 Å². The van der Waals surface area contributed by atoms with Crippen LogP contribution in [0.2, 0.25) is 0 Å². The quantitative estimate of drug-likeness (QED) is 0.498. The van der Waals surface area contributed by atoms with Crippen molar-refractivity contribution in [3.05, 3.63) is 47.1 Å². The maximum atomic E-state index is 11.9. The summed E-state index contributed by atoms with van der Waals surface area (Å²) in [6.07, 6.45) is 6.67. The van der Waals surface area contributed by atoms with E-state index in [0.717, 1.165) is 5.56 Å². The van der Waals surface area contributed by atoms with Gasteiger partial charge in [-0.3, -0.25) is 0 Å². The standard InChI is InChI=1S/C21H24O7/c1-5-14(2)20(22)26-10-8-15(3)21(23)25-9-6-7-16-11-17(24-4)19-18(12-16)27-13-28-19/h5-8,11-12H,9-10,13H2,1-4H3/b7-6+,14-5-,15-8-. The molecule has 7 nitrogen and oxygen atoms in total. The van der Waals surface area contributed by atoms with Crippen molar-refractivity contribution in [3.8, 4) is 17.2 Å². The second-order valence-corrected chi connectivity index (χ2v) is 5.92. The predicted molar refractivity (Wildman–Crippen MR) is 103 cm³/mol. The number of allylic oxidation sites excluding steroid dienone is 1. The predicted octanol–water partition coefficient (Wildman–Crippen LogP) is 3.44. The van der Waals surface area contributed by atoms with E-state index < -0.39 is 11.9 Å². The molecule has 1 aliphatic rings. The molecule has 0 bridgehead atoms. The summed E-state index contributed by atoms with van der Waals surface area (Å²) < 4.78 is 26.2. The van der Waals surface area contributed by atoms with Gasteiger partial charge in [0, 0.05) is 11.1 Å². The minimum absolute atomic E-state index is 0.0117. The molecule has 150 valence electrons. The zero-order valence-electron chi connectivity index (χ0n) is 16.4. The number of carbonyl (C=O) groups is 2. The van der Waals surface area contributed by atoms with Crippen molar-refractivity contribution in [3.63, 3.8) is 0 Å². The molecule has 0 amide bonds. The summed E-state index contributed by atoms with van der Waals surface area (Å²) in [5, 5.41) is 0. The molecule has 7 heteroatoms. The third kappa shape index (κ3) is 5.64. The van der Waals surface area contributed by atoms with Gasteiger partial charge >= 0.3 is 11.9 Å².